The zero-order chi connectivity index (χ0) is 16.7. The molecule has 1 aromatic rings. The Balaban J connectivity index is 1.93. The monoisotopic (exact) mass is 340 g/mol. The van der Waals surface area contributed by atoms with Crippen LogP contribution in [0, 0.1) is 0 Å². The van der Waals surface area contributed by atoms with Crippen molar-refractivity contribution >= 4 is 17.6 Å². The number of urea groups is 1. The zero-order valence-corrected chi connectivity index (χ0v) is 14.3. The van der Waals surface area contributed by atoms with Crippen molar-refractivity contribution in [2.75, 3.05) is 26.8 Å². The molecule has 2 amide bonds. The van der Waals surface area contributed by atoms with E-state index in [1.165, 1.54) is 0 Å². The maximum Gasteiger partial charge on any atom is 0.317 e. The highest BCUT2D eigenvalue weighted by Crippen LogP contribution is 2.21. The maximum atomic E-state index is 12.5. The van der Waals surface area contributed by atoms with Gasteiger partial charge in [0.05, 0.1) is 6.10 Å². The fraction of sp³-hybridized carbons (Fsp3) is 0.588. The SMILES string of the molecule is COC(CNC(=O)N1CCCCC1CCO)c1cccc(Cl)c1. The number of aliphatic hydroxyl groups is 1. The van der Waals surface area contributed by atoms with Gasteiger partial charge in [-0.3, -0.25) is 0 Å². The number of rotatable bonds is 6. The normalized spacial score (nSPS) is 19.4. The average Bonchev–Trinajstić information content (AvgIpc) is 2.56. The standard InChI is InChI=1S/C17H25ClN2O3/c1-23-16(13-5-4-6-14(18)11-13)12-19-17(22)20-9-3-2-7-15(20)8-10-21/h4-6,11,15-16,21H,2-3,7-10,12H2,1H3,(H,19,22). The van der Waals surface area contributed by atoms with Crippen LogP contribution in [-0.2, 0) is 4.74 Å². The largest absolute Gasteiger partial charge is 0.396 e. The van der Waals surface area contributed by atoms with Gasteiger partial charge in [-0.25, -0.2) is 4.79 Å². The van der Waals surface area contributed by atoms with Crippen LogP contribution < -0.4 is 5.32 Å². The predicted octanol–water partition coefficient (Wildman–Crippen LogP) is 2.97. The molecule has 23 heavy (non-hydrogen) atoms. The van der Waals surface area contributed by atoms with Crippen LogP contribution >= 0.6 is 11.6 Å². The van der Waals surface area contributed by atoms with Crippen LogP contribution in [0.15, 0.2) is 24.3 Å². The Morgan fingerprint density at radius 1 is 1.52 bits per heavy atom. The Bertz CT molecular complexity index is 510. The molecule has 1 aromatic carbocycles. The van der Waals surface area contributed by atoms with Gasteiger partial charge in [0, 0.05) is 37.9 Å². The molecule has 0 saturated carbocycles. The Kier molecular flexibility index (Phi) is 7.15. The number of carbonyl (C=O) groups is 1. The number of hydrogen-bond donors (Lipinski definition) is 2. The van der Waals surface area contributed by atoms with Gasteiger partial charge in [0.25, 0.3) is 0 Å². The molecule has 1 saturated heterocycles. The minimum atomic E-state index is -0.237. The van der Waals surface area contributed by atoms with Crippen LogP contribution in [0.1, 0.15) is 37.4 Å². The predicted molar refractivity (Wildman–Crippen MR) is 90.6 cm³/mol. The lowest BCUT2D eigenvalue weighted by atomic mass is 10.00. The minimum Gasteiger partial charge on any atom is -0.396 e. The van der Waals surface area contributed by atoms with Gasteiger partial charge in [-0.15, -0.1) is 0 Å². The van der Waals surface area contributed by atoms with Crippen molar-refractivity contribution in [1.82, 2.24) is 10.2 Å². The van der Waals surface area contributed by atoms with Gasteiger partial charge < -0.3 is 20.1 Å². The number of ether oxygens (including phenoxy) is 1. The third kappa shape index (κ3) is 5.09. The number of piperidine rings is 1. The topological polar surface area (TPSA) is 61.8 Å². The van der Waals surface area contributed by atoms with Crippen molar-refractivity contribution in [2.45, 2.75) is 37.8 Å². The summed E-state index contributed by atoms with van der Waals surface area (Å²) in [5.74, 6) is 0. The summed E-state index contributed by atoms with van der Waals surface area (Å²) in [4.78, 5) is 14.3. The highest BCUT2D eigenvalue weighted by atomic mass is 35.5. The van der Waals surface area contributed by atoms with Crippen molar-refractivity contribution in [1.29, 1.82) is 0 Å². The van der Waals surface area contributed by atoms with Gasteiger partial charge in [0.15, 0.2) is 0 Å². The van der Waals surface area contributed by atoms with E-state index in [1.54, 1.807) is 7.11 Å². The van der Waals surface area contributed by atoms with Crippen molar-refractivity contribution < 1.29 is 14.6 Å². The van der Waals surface area contributed by atoms with Crippen molar-refractivity contribution in [3.05, 3.63) is 34.9 Å². The first kappa shape index (κ1) is 18.0. The summed E-state index contributed by atoms with van der Waals surface area (Å²) in [7, 11) is 1.62. The van der Waals surface area contributed by atoms with Crippen LogP contribution in [0.3, 0.4) is 0 Å². The second kappa shape index (κ2) is 9.11. The molecule has 0 spiro atoms. The second-order valence-electron chi connectivity index (χ2n) is 5.82. The van der Waals surface area contributed by atoms with Gasteiger partial charge in [-0.1, -0.05) is 23.7 Å². The smallest absolute Gasteiger partial charge is 0.317 e. The fourth-order valence-electron chi connectivity index (χ4n) is 3.04. The molecule has 0 aliphatic carbocycles. The molecule has 128 valence electrons. The molecule has 5 nitrogen and oxygen atoms in total. The molecule has 2 N–H and O–H groups in total. The first-order valence-corrected chi connectivity index (χ1v) is 8.47. The number of amides is 2. The second-order valence-corrected chi connectivity index (χ2v) is 6.26. The molecule has 1 aliphatic heterocycles. The first-order valence-electron chi connectivity index (χ1n) is 8.09. The van der Waals surface area contributed by atoms with Gasteiger partial charge >= 0.3 is 6.03 Å². The highest BCUT2D eigenvalue weighted by molar-refractivity contribution is 6.30. The summed E-state index contributed by atoms with van der Waals surface area (Å²) in [5, 5.41) is 12.8. The van der Waals surface area contributed by atoms with E-state index in [2.05, 4.69) is 5.32 Å². The molecule has 0 bridgehead atoms. The van der Waals surface area contributed by atoms with E-state index in [9.17, 15) is 4.79 Å². The lowest BCUT2D eigenvalue weighted by Gasteiger charge is -2.35. The van der Waals surface area contributed by atoms with E-state index in [1.807, 2.05) is 29.2 Å². The van der Waals surface area contributed by atoms with Gasteiger partial charge in [-0.05, 0) is 43.4 Å². The molecule has 1 fully saturated rings. The van der Waals surface area contributed by atoms with Crippen LogP contribution in [-0.4, -0.2) is 48.9 Å². The van der Waals surface area contributed by atoms with E-state index in [4.69, 9.17) is 21.4 Å². The summed E-state index contributed by atoms with van der Waals surface area (Å²) >= 11 is 6.01. The summed E-state index contributed by atoms with van der Waals surface area (Å²) in [6.45, 7) is 1.24. The van der Waals surface area contributed by atoms with Crippen LogP contribution in [0.5, 0.6) is 0 Å². The van der Waals surface area contributed by atoms with Gasteiger partial charge in [-0.2, -0.15) is 0 Å². The summed E-state index contributed by atoms with van der Waals surface area (Å²) < 4.78 is 5.47. The Morgan fingerprint density at radius 3 is 3.04 bits per heavy atom. The summed E-state index contributed by atoms with van der Waals surface area (Å²) in [6, 6.07) is 7.49. The number of likely N-dealkylation sites (tertiary alicyclic amines) is 1. The fourth-order valence-corrected chi connectivity index (χ4v) is 3.24. The lowest BCUT2D eigenvalue weighted by Crippen LogP contribution is -2.49. The molecule has 6 heteroatoms. The Morgan fingerprint density at radius 2 is 2.35 bits per heavy atom. The molecule has 2 rings (SSSR count). The van der Waals surface area contributed by atoms with E-state index in [0.717, 1.165) is 31.4 Å². The highest BCUT2D eigenvalue weighted by Gasteiger charge is 2.26. The van der Waals surface area contributed by atoms with Crippen molar-refractivity contribution in [3.63, 3.8) is 0 Å². The van der Waals surface area contributed by atoms with E-state index in [0.29, 0.717) is 18.0 Å². The zero-order valence-electron chi connectivity index (χ0n) is 13.5. The lowest BCUT2D eigenvalue weighted by molar-refractivity contribution is 0.0952. The van der Waals surface area contributed by atoms with E-state index in [-0.39, 0.29) is 24.8 Å². The van der Waals surface area contributed by atoms with Crippen LogP contribution in [0.25, 0.3) is 0 Å². The molecule has 1 heterocycles. The Labute approximate surface area is 142 Å². The number of hydrogen-bond acceptors (Lipinski definition) is 3. The molecular formula is C17H25ClN2O3. The van der Waals surface area contributed by atoms with Crippen molar-refractivity contribution in [3.8, 4) is 0 Å². The Hall–Kier alpha value is -1.30. The molecule has 0 aromatic heterocycles. The third-order valence-corrected chi connectivity index (χ3v) is 4.53. The molecule has 2 unspecified atom stereocenters. The van der Waals surface area contributed by atoms with Gasteiger partial charge in [0.2, 0.25) is 0 Å². The maximum absolute atomic E-state index is 12.5. The van der Waals surface area contributed by atoms with Crippen molar-refractivity contribution in [2.24, 2.45) is 0 Å². The number of nitrogens with one attached hydrogen (secondary N) is 1. The first-order chi connectivity index (χ1) is 11.2. The molecule has 1 aliphatic rings. The molecule has 0 radical (unpaired) electrons. The van der Waals surface area contributed by atoms with E-state index >= 15 is 0 Å². The number of nitrogens with zero attached hydrogens (tertiary/aromatic N) is 1. The van der Waals surface area contributed by atoms with Crippen LogP contribution in [0.2, 0.25) is 5.02 Å². The third-order valence-electron chi connectivity index (χ3n) is 4.29. The summed E-state index contributed by atoms with van der Waals surface area (Å²) in [5.41, 5.74) is 0.936. The number of halogens is 1. The van der Waals surface area contributed by atoms with Gasteiger partial charge in [0.1, 0.15) is 0 Å². The number of benzene rings is 1. The molecular weight excluding hydrogens is 316 g/mol. The molecule has 2 atom stereocenters. The number of carbonyl (C=O) groups excluding carboxylic acids is 1. The summed E-state index contributed by atoms with van der Waals surface area (Å²) in [6.07, 6.45) is 3.47. The quantitative estimate of drug-likeness (QED) is 0.837. The van der Waals surface area contributed by atoms with E-state index < -0.39 is 0 Å². The minimum absolute atomic E-state index is 0.0905. The number of methoxy groups -OCH3 is 1. The number of aliphatic hydroxyl groups excluding tert-OH is 1. The average molecular weight is 341 g/mol. The van der Waals surface area contributed by atoms with Crippen LogP contribution in [0.4, 0.5) is 4.79 Å².